The third kappa shape index (κ3) is 2.75. The van der Waals surface area contributed by atoms with Crippen LogP contribution < -0.4 is 0 Å². The lowest BCUT2D eigenvalue weighted by Gasteiger charge is -2.71. The number of hydrogen-bond acceptors (Lipinski definition) is 2. The zero-order valence-corrected chi connectivity index (χ0v) is 21.3. The quantitative estimate of drug-likeness (QED) is 0.409. The molecule has 0 amide bonds. The SMILES string of the molecule is CC1(C)CCC2CCC3(C)C(C(=O)CC4C5(C)CCC(=O)C(C)(C)C5CCC43C)C2C1. The van der Waals surface area contributed by atoms with Gasteiger partial charge in [-0.15, -0.1) is 0 Å². The first-order valence-electron chi connectivity index (χ1n) is 13.3. The van der Waals surface area contributed by atoms with E-state index in [2.05, 4.69) is 48.5 Å². The molecule has 174 valence electrons. The Bertz CT molecular complexity index is 808. The van der Waals surface area contributed by atoms with Gasteiger partial charge >= 0.3 is 0 Å². The van der Waals surface area contributed by atoms with Gasteiger partial charge in [0.05, 0.1) is 0 Å². The van der Waals surface area contributed by atoms with Crippen molar-refractivity contribution in [3.8, 4) is 0 Å². The highest BCUT2D eigenvalue weighted by atomic mass is 16.1. The standard InChI is InChI=1S/C29H46O2/c1-25(2)12-8-18-9-14-29(7)24(19(18)17-25)20(30)16-22-27(5)13-11-23(31)26(3,4)21(27)10-15-28(22,29)6/h18-19,21-22,24H,8-17H2,1-7H3. The second-order valence-electron chi connectivity index (χ2n) is 14.6. The van der Waals surface area contributed by atoms with Crippen molar-refractivity contribution in [1.29, 1.82) is 0 Å². The molecule has 31 heavy (non-hydrogen) atoms. The minimum absolute atomic E-state index is 0.122. The molecule has 5 aliphatic rings. The monoisotopic (exact) mass is 426 g/mol. The van der Waals surface area contributed by atoms with Crippen LogP contribution in [-0.2, 0) is 9.59 Å². The summed E-state index contributed by atoms with van der Waals surface area (Å²) in [4.78, 5) is 26.9. The highest BCUT2D eigenvalue weighted by molar-refractivity contribution is 5.86. The van der Waals surface area contributed by atoms with Crippen molar-refractivity contribution in [2.45, 2.75) is 113 Å². The number of carbonyl (C=O) groups is 2. The van der Waals surface area contributed by atoms with Gasteiger partial charge in [-0.05, 0) is 96.7 Å². The van der Waals surface area contributed by atoms with E-state index < -0.39 is 0 Å². The van der Waals surface area contributed by atoms with Gasteiger partial charge in [0.1, 0.15) is 11.6 Å². The minimum atomic E-state index is -0.236. The molecule has 0 heterocycles. The molecule has 0 bridgehead atoms. The van der Waals surface area contributed by atoms with Gasteiger partial charge in [0.15, 0.2) is 0 Å². The predicted molar refractivity (Wildman–Crippen MR) is 126 cm³/mol. The number of fused-ring (bicyclic) bond motifs is 7. The fraction of sp³-hybridized carbons (Fsp3) is 0.931. The maximum absolute atomic E-state index is 14.1. The van der Waals surface area contributed by atoms with Gasteiger partial charge in [-0.2, -0.15) is 0 Å². The molecule has 0 aromatic rings. The van der Waals surface area contributed by atoms with Crippen LogP contribution in [0.1, 0.15) is 113 Å². The summed E-state index contributed by atoms with van der Waals surface area (Å²) in [6.45, 7) is 16.8. The molecule has 2 heteroatoms. The van der Waals surface area contributed by atoms with E-state index in [9.17, 15) is 9.59 Å². The van der Waals surface area contributed by atoms with Gasteiger partial charge in [0.25, 0.3) is 0 Å². The largest absolute Gasteiger partial charge is 0.299 e. The van der Waals surface area contributed by atoms with Crippen LogP contribution >= 0.6 is 0 Å². The van der Waals surface area contributed by atoms with E-state index in [1.807, 2.05) is 0 Å². The Morgan fingerprint density at radius 2 is 1.39 bits per heavy atom. The van der Waals surface area contributed by atoms with Crippen molar-refractivity contribution in [2.24, 2.45) is 56.7 Å². The molecule has 8 unspecified atom stereocenters. The Morgan fingerprint density at radius 3 is 2.10 bits per heavy atom. The lowest BCUT2D eigenvalue weighted by molar-refractivity contribution is -0.224. The molecule has 8 atom stereocenters. The Labute approximate surface area is 190 Å². The van der Waals surface area contributed by atoms with Crippen molar-refractivity contribution >= 4 is 11.6 Å². The summed E-state index contributed by atoms with van der Waals surface area (Å²) in [6.07, 6.45) is 11.3. The van der Waals surface area contributed by atoms with Gasteiger partial charge in [-0.25, -0.2) is 0 Å². The maximum Gasteiger partial charge on any atom is 0.138 e. The molecule has 0 aromatic heterocycles. The third-order valence-electron chi connectivity index (χ3n) is 12.6. The molecule has 0 N–H and O–H groups in total. The van der Waals surface area contributed by atoms with E-state index in [-0.39, 0.29) is 27.6 Å². The zero-order valence-electron chi connectivity index (χ0n) is 21.3. The minimum Gasteiger partial charge on any atom is -0.299 e. The van der Waals surface area contributed by atoms with Crippen molar-refractivity contribution in [1.82, 2.24) is 0 Å². The van der Waals surface area contributed by atoms with Crippen LogP contribution in [0.2, 0.25) is 0 Å². The van der Waals surface area contributed by atoms with E-state index >= 15 is 0 Å². The number of Topliss-reactive ketones (excluding diaryl/α,β-unsaturated/α-hetero) is 2. The highest BCUT2D eigenvalue weighted by Gasteiger charge is 2.70. The summed E-state index contributed by atoms with van der Waals surface area (Å²) >= 11 is 0. The topological polar surface area (TPSA) is 34.1 Å². The van der Waals surface area contributed by atoms with Gasteiger partial charge in [-0.1, -0.05) is 48.5 Å². The molecule has 0 spiro atoms. The van der Waals surface area contributed by atoms with Gasteiger partial charge in [0.2, 0.25) is 0 Å². The molecule has 0 saturated heterocycles. The Balaban J connectivity index is 1.56. The third-order valence-corrected chi connectivity index (χ3v) is 12.6. The van der Waals surface area contributed by atoms with Gasteiger partial charge < -0.3 is 0 Å². The molecule has 0 radical (unpaired) electrons. The predicted octanol–water partition coefficient (Wildman–Crippen LogP) is 7.25. The van der Waals surface area contributed by atoms with Crippen LogP contribution in [0, 0.1) is 56.7 Å². The van der Waals surface area contributed by atoms with Crippen molar-refractivity contribution in [2.75, 3.05) is 0 Å². The average molecular weight is 427 g/mol. The second-order valence-corrected chi connectivity index (χ2v) is 14.6. The molecule has 5 saturated carbocycles. The molecule has 2 nitrogen and oxygen atoms in total. The molecule has 5 aliphatic carbocycles. The highest BCUT2D eigenvalue weighted by Crippen LogP contribution is 2.74. The smallest absolute Gasteiger partial charge is 0.138 e. The number of hydrogen-bond donors (Lipinski definition) is 0. The van der Waals surface area contributed by atoms with Crippen molar-refractivity contribution in [3.63, 3.8) is 0 Å². The van der Waals surface area contributed by atoms with Crippen molar-refractivity contribution < 1.29 is 9.59 Å². The van der Waals surface area contributed by atoms with E-state index in [4.69, 9.17) is 0 Å². The Kier molecular flexibility index (Phi) is 4.62. The van der Waals surface area contributed by atoms with E-state index in [0.717, 1.165) is 18.8 Å². The summed E-state index contributed by atoms with van der Waals surface area (Å²) < 4.78 is 0. The summed E-state index contributed by atoms with van der Waals surface area (Å²) in [5.41, 5.74) is 0.618. The zero-order chi connectivity index (χ0) is 22.6. The Hall–Kier alpha value is -0.660. The fourth-order valence-electron chi connectivity index (χ4n) is 10.6. The van der Waals surface area contributed by atoms with Crippen LogP contribution in [0.5, 0.6) is 0 Å². The lowest BCUT2D eigenvalue weighted by Crippen LogP contribution is -2.67. The Morgan fingerprint density at radius 1 is 0.742 bits per heavy atom. The normalized spacial score (nSPS) is 53.1. The lowest BCUT2D eigenvalue weighted by atomic mass is 9.32. The van der Waals surface area contributed by atoms with E-state index in [1.165, 1.54) is 44.9 Å². The molecular formula is C29H46O2. The molecular weight excluding hydrogens is 380 g/mol. The number of carbonyl (C=O) groups excluding carboxylic acids is 2. The van der Waals surface area contributed by atoms with Gasteiger partial charge in [-0.3, -0.25) is 9.59 Å². The second kappa shape index (κ2) is 6.47. The molecule has 0 aromatic carbocycles. The summed E-state index contributed by atoms with van der Waals surface area (Å²) in [5.74, 6) is 3.55. The molecule has 5 rings (SSSR count). The first-order chi connectivity index (χ1) is 14.3. The van der Waals surface area contributed by atoms with Gasteiger partial charge in [0, 0.05) is 24.2 Å². The first-order valence-corrected chi connectivity index (χ1v) is 13.3. The van der Waals surface area contributed by atoms with Crippen LogP contribution in [0.15, 0.2) is 0 Å². The maximum atomic E-state index is 14.1. The molecule has 5 fully saturated rings. The summed E-state index contributed by atoms with van der Waals surface area (Å²) in [7, 11) is 0. The first kappa shape index (κ1) is 22.1. The number of rotatable bonds is 0. The van der Waals surface area contributed by atoms with Crippen molar-refractivity contribution in [3.05, 3.63) is 0 Å². The van der Waals surface area contributed by atoms with Crippen LogP contribution in [0.4, 0.5) is 0 Å². The molecule has 0 aliphatic heterocycles. The number of ketones is 2. The summed E-state index contributed by atoms with van der Waals surface area (Å²) in [5, 5.41) is 0. The van der Waals surface area contributed by atoms with E-state index in [0.29, 0.717) is 41.2 Å². The fourth-order valence-corrected chi connectivity index (χ4v) is 10.6. The van der Waals surface area contributed by atoms with Crippen LogP contribution in [0.3, 0.4) is 0 Å². The van der Waals surface area contributed by atoms with Crippen LogP contribution in [-0.4, -0.2) is 11.6 Å². The van der Waals surface area contributed by atoms with E-state index in [1.54, 1.807) is 0 Å². The average Bonchev–Trinajstić information content (AvgIpc) is 2.66. The summed E-state index contributed by atoms with van der Waals surface area (Å²) in [6, 6.07) is 0. The van der Waals surface area contributed by atoms with Crippen LogP contribution in [0.25, 0.3) is 0 Å².